The summed E-state index contributed by atoms with van der Waals surface area (Å²) in [6, 6.07) is 0. The van der Waals surface area contributed by atoms with E-state index in [4.69, 9.17) is 0 Å². The third-order valence-corrected chi connectivity index (χ3v) is 2.34. The molecule has 0 aliphatic rings. The number of amides is 1. The van der Waals surface area contributed by atoms with Crippen LogP contribution < -0.4 is 0 Å². The van der Waals surface area contributed by atoms with Gasteiger partial charge < -0.3 is 4.90 Å². The van der Waals surface area contributed by atoms with Gasteiger partial charge in [-0.15, -0.1) is 0 Å². The monoisotopic (exact) mass is 185 g/mol. The maximum atomic E-state index is 11.2. The van der Waals surface area contributed by atoms with Crippen molar-refractivity contribution in [2.75, 3.05) is 7.05 Å². The molecule has 0 atom stereocenters. The number of carbonyl (C=O) groups is 1. The molecule has 0 radical (unpaired) electrons. The van der Waals surface area contributed by atoms with Gasteiger partial charge >= 0.3 is 0 Å². The van der Waals surface area contributed by atoms with Crippen molar-refractivity contribution in [1.29, 1.82) is 0 Å². The van der Waals surface area contributed by atoms with E-state index < -0.39 is 0 Å². The summed E-state index contributed by atoms with van der Waals surface area (Å²) in [5, 5.41) is 0. The maximum Gasteiger partial charge on any atom is 0.219 e. The molecule has 0 aliphatic carbocycles. The van der Waals surface area contributed by atoms with Crippen molar-refractivity contribution in [1.82, 2.24) is 4.90 Å². The fourth-order valence-electron chi connectivity index (χ4n) is 1.84. The van der Waals surface area contributed by atoms with E-state index in [1.807, 2.05) is 11.9 Å². The molecule has 13 heavy (non-hydrogen) atoms. The molecule has 0 fully saturated rings. The van der Waals surface area contributed by atoms with Crippen molar-refractivity contribution in [2.45, 2.75) is 53.5 Å². The summed E-state index contributed by atoms with van der Waals surface area (Å²) in [6.07, 6.45) is 1.01. The quantitative estimate of drug-likeness (QED) is 0.647. The SMILES string of the molecule is CC(=O)N(C)C(C)(C)CC(C)(C)C. The van der Waals surface area contributed by atoms with Gasteiger partial charge in [-0.25, -0.2) is 0 Å². The highest BCUT2D eigenvalue weighted by molar-refractivity contribution is 5.73. The van der Waals surface area contributed by atoms with Gasteiger partial charge in [0, 0.05) is 19.5 Å². The molecule has 0 saturated heterocycles. The van der Waals surface area contributed by atoms with Crippen molar-refractivity contribution in [3.8, 4) is 0 Å². The summed E-state index contributed by atoms with van der Waals surface area (Å²) in [6.45, 7) is 12.4. The number of hydrogen-bond acceptors (Lipinski definition) is 1. The second-order valence-corrected chi connectivity index (χ2v) is 5.63. The van der Waals surface area contributed by atoms with Gasteiger partial charge in [-0.1, -0.05) is 20.8 Å². The van der Waals surface area contributed by atoms with Gasteiger partial charge in [0.2, 0.25) is 5.91 Å². The van der Waals surface area contributed by atoms with E-state index in [2.05, 4.69) is 34.6 Å². The molecule has 0 N–H and O–H groups in total. The van der Waals surface area contributed by atoms with Crippen LogP contribution in [0.5, 0.6) is 0 Å². The lowest BCUT2D eigenvalue weighted by atomic mass is 9.81. The highest BCUT2D eigenvalue weighted by atomic mass is 16.2. The smallest absolute Gasteiger partial charge is 0.219 e. The predicted molar refractivity (Wildman–Crippen MR) is 56.6 cm³/mol. The molecule has 1 amide bonds. The van der Waals surface area contributed by atoms with Gasteiger partial charge in [0.25, 0.3) is 0 Å². The average molecular weight is 185 g/mol. The van der Waals surface area contributed by atoms with Gasteiger partial charge in [-0.2, -0.15) is 0 Å². The third-order valence-electron chi connectivity index (χ3n) is 2.34. The zero-order valence-corrected chi connectivity index (χ0v) is 10.1. The summed E-state index contributed by atoms with van der Waals surface area (Å²) in [7, 11) is 1.87. The fraction of sp³-hybridized carbons (Fsp3) is 0.909. The summed E-state index contributed by atoms with van der Waals surface area (Å²) < 4.78 is 0. The van der Waals surface area contributed by atoms with Crippen LogP contribution in [-0.2, 0) is 4.79 Å². The standard InChI is InChI=1S/C11H23NO/c1-9(13)12(7)11(5,6)8-10(2,3)4/h8H2,1-7H3. The first kappa shape index (κ1) is 12.5. The van der Waals surface area contributed by atoms with E-state index >= 15 is 0 Å². The normalized spacial score (nSPS) is 12.8. The molecule has 2 nitrogen and oxygen atoms in total. The molecule has 0 aliphatic heterocycles. The lowest BCUT2D eigenvalue weighted by Crippen LogP contribution is -2.46. The lowest BCUT2D eigenvalue weighted by Gasteiger charge is -2.39. The van der Waals surface area contributed by atoms with Crippen LogP contribution in [0.2, 0.25) is 0 Å². The summed E-state index contributed by atoms with van der Waals surface area (Å²) in [5.41, 5.74) is 0.206. The third kappa shape index (κ3) is 4.30. The van der Waals surface area contributed by atoms with E-state index in [1.54, 1.807) is 6.92 Å². The van der Waals surface area contributed by atoms with Crippen molar-refractivity contribution in [2.24, 2.45) is 5.41 Å². The van der Waals surface area contributed by atoms with Crippen molar-refractivity contribution in [3.63, 3.8) is 0 Å². The predicted octanol–water partition coefficient (Wildman–Crippen LogP) is 2.68. The van der Waals surface area contributed by atoms with E-state index in [9.17, 15) is 4.79 Å². The van der Waals surface area contributed by atoms with Gasteiger partial charge in [0.05, 0.1) is 0 Å². The van der Waals surface area contributed by atoms with Crippen LogP contribution in [0.3, 0.4) is 0 Å². The average Bonchev–Trinajstić information content (AvgIpc) is 1.80. The van der Waals surface area contributed by atoms with Crippen LogP contribution >= 0.6 is 0 Å². The van der Waals surface area contributed by atoms with Crippen molar-refractivity contribution >= 4 is 5.91 Å². The van der Waals surface area contributed by atoms with Crippen LogP contribution in [0.4, 0.5) is 0 Å². The molecule has 0 aromatic heterocycles. The Hall–Kier alpha value is -0.530. The fourth-order valence-corrected chi connectivity index (χ4v) is 1.84. The van der Waals surface area contributed by atoms with E-state index in [0.29, 0.717) is 0 Å². The van der Waals surface area contributed by atoms with Crippen molar-refractivity contribution in [3.05, 3.63) is 0 Å². The van der Waals surface area contributed by atoms with E-state index in [-0.39, 0.29) is 16.9 Å². The van der Waals surface area contributed by atoms with E-state index in [0.717, 1.165) is 6.42 Å². The molecule has 0 spiro atoms. The van der Waals surface area contributed by atoms with Crippen LogP contribution in [-0.4, -0.2) is 23.4 Å². The van der Waals surface area contributed by atoms with Crippen LogP contribution in [0.1, 0.15) is 48.0 Å². The van der Waals surface area contributed by atoms with E-state index in [1.165, 1.54) is 0 Å². The number of nitrogens with zero attached hydrogens (tertiary/aromatic N) is 1. The van der Waals surface area contributed by atoms with Gasteiger partial charge in [0.15, 0.2) is 0 Å². The minimum atomic E-state index is -0.0515. The first-order chi connectivity index (χ1) is 5.56. The Kier molecular flexibility index (Phi) is 3.54. The number of hydrogen-bond donors (Lipinski definition) is 0. The maximum absolute atomic E-state index is 11.2. The summed E-state index contributed by atoms with van der Waals surface area (Å²) in [5.74, 6) is 0.134. The highest BCUT2D eigenvalue weighted by Gasteiger charge is 2.30. The molecule has 2 heteroatoms. The molecule has 0 aromatic rings. The summed E-state index contributed by atoms with van der Waals surface area (Å²) >= 11 is 0. The van der Waals surface area contributed by atoms with Crippen LogP contribution in [0, 0.1) is 5.41 Å². The Bertz CT molecular complexity index is 189. The molecular formula is C11H23NO. The van der Waals surface area contributed by atoms with Gasteiger partial charge in [-0.05, 0) is 25.7 Å². The minimum Gasteiger partial charge on any atom is -0.341 e. The number of carbonyl (C=O) groups excluding carboxylic acids is 1. The Balaban J connectivity index is 4.48. The lowest BCUT2D eigenvalue weighted by molar-refractivity contribution is -0.133. The molecule has 0 aromatic carbocycles. The second-order valence-electron chi connectivity index (χ2n) is 5.63. The Morgan fingerprint density at radius 3 is 1.77 bits per heavy atom. The molecule has 78 valence electrons. The van der Waals surface area contributed by atoms with Crippen LogP contribution in [0.15, 0.2) is 0 Å². The van der Waals surface area contributed by atoms with Gasteiger partial charge in [0.1, 0.15) is 0 Å². The zero-order chi connectivity index (χ0) is 10.9. The molecule has 0 bridgehead atoms. The minimum absolute atomic E-state index is 0.0515. The topological polar surface area (TPSA) is 20.3 Å². The second kappa shape index (κ2) is 3.69. The van der Waals surface area contributed by atoms with Crippen molar-refractivity contribution < 1.29 is 4.79 Å². The summed E-state index contributed by atoms with van der Waals surface area (Å²) in [4.78, 5) is 13.0. The molecule has 0 saturated carbocycles. The molecule has 0 unspecified atom stereocenters. The Labute approximate surface area is 82.3 Å². The zero-order valence-electron chi connectivity index (χ0n) is 10.1. The molecular weight excluding hydrogens is 162 g/mol. The largest absolute Gasteiger partial charge is 0.341 e. The van der Waals surface area contributed by atoms with Crippen LogP contribution in [0.25, 0.3) is 0 Å². The van der Waals surface area contributed by atoms with Gasteiger partial charge in [-0.3, -0.25) is 4.79 Å². The molecule has 0 rings (SSSR count). The first-order valence-electron chi connectivity index (χ1n) is 4.81. The highest BCUT2D eigenvalue weighted by Crippen LogP contribution is 2.30. The number of rotatable bonds is 2. The Morgan fingerprint density at radius 2 is 1.54 bits per heavy atom. The Morgan fingerprint density at radius 1 is 1.15 bits per heavy atom. The first-order valence-corrected chi connectivity index (χ1v) is 4.81. The molecule has 0 heterocycles.